The van der Waals surface area contributed by atoms with Crippen LogP contribution in [-0.2, 0) is 24.7 Å². The third-order valence-electron chi connectivity index (χ3n) is 9.43. The minimum absolute atomic E-state index is 0.0771. The van der Waals surface area contributed by atoms with E-state index in [-0.39, 0.29) is 42.9 Å². The van der Waals surface area contributed by atoms with E-state index in [1.165, 1.54) is 29.2 Å². The highest BCUT2D eigenvalue weighted by molar-refractivity contribution is 5.88. The quantitative estimate of drug-likeness (QED) is 0.490. The number of morpholine rings is 1. The van der Waals surface area contributed by atoms with Gasteiger partial charge in [-0.2, -0.15) is 13.2 Å². The van der Waals surface area contributed by atoms with Crippen LogP contribution in [0, 0.1) is 5.41 Å². The van der Waals surface area contributed by atoms with Gasteiger partial charge in [0.2, 0.25) is 5.91 Å². The predicted octanol–water partition coefficient (Wildman–Crippen LogP) is 4.10. The van der Waals surface area contributed by atoms with Gasteiger partial charge in [-0.25, -0.2) is 0 Å². The lowest BCUT2D eigenvalue weighted by Crippen LogP contribution is -2.60. The molecule has 0 saturated carbocycles. The second kappa shape index (κ2) is 12.8. The van der Waals surface area contributed by atoms with Crippen molar-refractivity contribution in [1.82, 2.24) is 15.1 Å². The highest BCUT2D eigenvalue weighted by Crippen LogP contribution is 2.52. The lowest BCUT2D eigenvalue weighted by Gasteiger charge is -2.50. The van der Waals surface area contributed by atoms with E-state index in [0.717, 1.165) is 31.5 Å². The molecule has 3 fully saturated rings. The maximum Gasteiger partial charge on any atom is 0.430 e. The molecule has 2 amide bonds. The van der Waals surface area contributed by atoms with Gasteiger partial charge in [0, 0.05) is 63.8 Å². The Balaban J connectivity index is 1.36. The van der Waals surface area contributed by atoms with E-state index >= 15 is 0 Å². The molecular formula is C32H40F3N3O5. The maximum atomic E-state index is 14.6. The van der Waals surface area contributed by atoms with Gasteiger partial charge < -0.3 is 24.4 Å². The Morgan fingerprint density at radius 1 is 1.05 bits per heavy atom. The van der Waals surface area contributed by atoms with Gasteiger partial charge >= 0.3 is 6.18 Å². The monoisotopic (exact) mass is 603 g/mol. The zero-order chi connectivity index (χ0) is 30.7. The average Bonchev–Trinajstić information content (AvgIpc) is 3.01. The van der Waals surface area contributed by atoms with Crippen molar-refractivity contribution < 1.29 is 37.0 Å². The van der Waals surface area contributed by atoms with E-state index in [9.17, 15) is 22.8 Å². The van der Waals surface area contributed by atoms with Gasteiger partial charge in [-0.3, -0.25) is 14.5 Å². The molecule has 0 bridgehead atoms. The highest BCUT2D eigenvalue weighted by Gasteiger charge is 2.64. The molecule has 5 rings (SSSR count). The number of benzene rings is 2. The molecule has 3 atom stereocenters. The Labute approximate surface area is 250 Å². The van der Waals surface area contributed by atoms with Gasteiger partial charge in [-0.15, -0.1) is 0 Å². The molecule has 0 aliphatic carbocycles. The first-order chi connectivity index (χ1) is 20.6. The van der Waals surface area contributed by atoms with E-state index in [4.69, 9.17) is 14.2 Å². The largest absolute Gasteiger partial charge is 0.492 e. The Hall–Kier alpha value is -3.15. The van der Waals surface area contributed by atoms with Crippen LogP contribution in [0.5, 0.6) is 5.75 Å². The van der Waals surface area contributed by atoms with Gasteiger partial charge in [0.15, 0.2) is 0 Å². The van der Waals surface area contributed by atoms with E-state index in [0.29, 0.717) is 39.2 Å². The number of hydrogen-bond acceptors (Lipinski definition) is 6. The van der Waals surface area contributed by atoms with Crippen LogP contribution in [0.4, 0.5) is 13.2 Å². The third kappa shape index (κ3) is 6.12. The van der Waals surface area contributed by atoms with Crippen LogP contribution in [0.15, 0.2) is 54.6 Å². The summed E-state index contributed by atoms with van der Waals surface area (Å²) in [5.41, 5.74) is -2.95. The number of carbonyl (C=O) groups excluding carboxylic acids is 2. The number of para-hydroxylation sites is 1. The smallest absolute Gasteiger partial charge is 0.430 e. The molecule has 3 aliphatic rings. The molecule has 3 aliphatic heterocycles. The molecule has 234 valence electrons. The Kier molecular flexibility index (Phi) is 9.34. The summed E-state index contributed by atoms with van der Waals surface area (Å²) < 4.78 is 60.7. The number of hydrogen-bond donors (Lipinski definition) is 1. The van der Waals surface area contributed by atoms with Gasteiger partial charge in [0.05, 0.1) is 13.2 Å². The molecule has 2 unspecified atom stereocenters. The molecule has 1 spiro atoms. The Morgan fingerprint density at radius 3 is 2.35 bits per heavy atom. The summed E-state index contributed by atoms with van der Waals surface area (Å²) in [7, 11) is 0.919. The maximum absolute atomic E-state index is 14.6. The summed E-state index contributed by atoms with van der Waals surface area (Å²) in [4.78, 5) is 30.0. The van der Waals surface area contributed by atoms with Gasteiger partial charge in [-0.05, 0) is 36.8 Å². The summed E-state index contributed by atoms with van der Waals surface area (Å²) in [6.45, 7) is 6.25. The molecule has 2 aromatic rings. The second-order valence-electron chi connectivity index (χ2n) is 11.8. The zero-order valence-corrected chi connectivity index (χ0v) is 24.7. The minimum atomic E-state index is -4.97. The van der Waals surface area contributed by atoms with Crippen LogP contribution in [0.1, 0.15) is 43.2 Å². The van der Waals surface area contributed by atoms with Crippen molar-refractivity contribution in [1.29, 1.82) is 0 Å². The number of nitrogens with one attached hydrogen (secondary N) is 1. The highest BCUT2D eigenvalue weighted by atomic mass is 19.4. The normalized spacial score (nSPS) is 23.3. The SMILES string of the molecule is CO[C@@](C(=O)N1CCC2(CC1)CC(=O)NCC2c1ccccc1OCC(C)N1CCOCC1)(c1ccccc1)C(F)(F)F. The number of alkyl halides is 3. The number of piperidine rings is 2. The number of amides is 2. The van der Waals surface area contributed by atoms with E-state index < -0.39 is 23.1 Å². The number of nitrogens with zero attached hydrogens (tertiary/aromatic N) is 2. The number of rotatable bonds is 8. The first kappa shape index (κ1) is 31.3. The van der Waals surface area contributed by atoms with Gasteiger partial charge in [-0.1, -0.05) is 48.5 Å². The average molecular weight is 604 g/mol. The number of methoxy groups -OCH3 is 1. The fourth-order valence-electron chi connectivity index (χ4n) is 6.92. The van der Waals surface area contributed by atoms with Crippen molar-refractivity contribution in [3.8, 4) is 5.75 Å². The van der Waals surface area contributed by atoms with E-state index in [1.54, 1.807) is 6.07 Å². The van der Waals surface area contributed by atoms with Crippen molar-refractivity contribution in [3.05, 3.63) is 65.7 Å². The number of likely N-dealkylation sites (tertiary alicyclic amines) is 1. The van der Waals surface area contributed by atoms with Gasteiger partial charge in [0.1, 0.15) is 12.4 Å². The fourth-order valence-corrected chi connectivity index (χ4v) is 6.92. The van der Waals surface area contributed by atoms with Crippen molar-refractivity contribution in [2.24, 2.45) is 5.41 Å². The molecular weight excluding hydrogens is 563 g/mol. The molecule has 3 saturated heterocycles. The van der Waals surface area contributed by atoms with Crippen LogP contribution < -0.4 is 10.1 Å². The Bertz CT molecular complexity index is 1260. The molecule has 11 heteroatoms. The van der Waals surface area contributed by atoms with Crippen molar-refractivity contribution in [2.45, 2.75) is 49.9 Å². The predicted molar refractivity (Wildman–Crippen MR) is 154 cm³/mol. The van der Waals surface area contributed by atoms with Gasteiger partial charge in [0.25, 0.3) is 11.5 Å². The van der Waals surface area contributed by atoms with E-state index in [1.807, 2.05) is 24.3 Å². The van der Waals surface area contributed by atoms with Crippen LogP contribution in [0.2, 0.25) is 0 Å². The van der Waals surface area contributed by atoms with Crippen molar-refractivity contribution in [3.63, 3.8) is 0 Å². The van der Waals surface area contributed by atoms with Crippen LogP contribution in [-0.4, -0.2) is 93.5 Å². The molecule has 3 heterocycles. The lowest BCUT2D eigenvalue weighted by molar-refractivity contribution is -0.271. The van der Waals surface area contributed by atoms with E-state index in [2.05, 4.69) is 17.1 Å². The Morgan fingerprint density at radius 2 is 1.70 bits per heavy atom. The molecule has 1 N–H and O–H groups in total. The summed E-state index contributed by atoms with van der Waals surface area (Å²) in [6, 6.07) is 15.0. The van der Waals surface area contributed by atoms with Crippen LogP contribution >= 0.6 is 0 Å². The molecule has 43 heavy (non-hydrogen) atoms. The molecule has 8 nitrogen and oxygen atoms in total. The first-order valence-corrected chi connectivity index (χ1v) is 14.9. The summed E-state index contributed by atoms with van der Waals surface area (Å²) in [5, 5.41) is 2.99. The summed E-state index contributed by atoms with van der Waals surface area (Å²) >= 11 is 0. The zero-order valence-electron chi connectivity index (χ0n) is 24.7. The molecule has 2 aromatic carbocycles. The number of halogens is 3. The number of carbonyl (C=O) groups is 2. The fraction of sp³-hybridized carbons (Fsp3) is 0.562. The topological polar surface area (TPSA) is 80.3 Å². The van der Waals surface area contributed by atoms with Crippen molar-refractivity contribution in [2.75, 3.05) is 59.7 Å². The standard InChI is InChI=1S/C32H40F3N3O5/c1-23(37-16-18-42-19-17-37)22-43-27-11-7-6-10-25(27)26-21-36-28(39)20-30(26)12-14-38(15-13-30)29(40)31(41-2,32(33,34)35)24-8-4-3-5-9-24/h3-11,23,26H,12-22H2,1-2H3,(H,36,39)/t23?,26?,31-/m1/s1. The minimum Gasteiger partial charge on any atom is -0.492 e. The summed E-state index contributed by atoms with van der Waals surface area (Å²) in [5.74, 6) is -0.621. The lowest BCUT2D eigenvalue weighted by atomic mass is 9.62. The van der Waals surface area contributed by atoms with Crippen molar-refractivity contribution >= 4 is 11.8 Å². The third-order valence-corrected chi connectivity index (χ3v) is 9.43. The first-order valence-electron chi connectivity index (χ1n) is 14.9. The van der Waals surface area contributed by atoms with Crippen LogP contribution in [0.3, 0.4) is 0 Å². The second-order valence-corrected chi connectivity index (χ2v) is 11.8. The molecule has 0 radical (unpaired) electrons. The number of ether oxygens (including phenoxy) is 3. The molecule has 0 aromatic heterocycles. The summed E-state index contributed by atoms with van der Waals surface area (Å²) in [6.07, 6.45) is -3.99. The van der Waals surface area contributed by atoms with Crippen LogP contribution in [0.25, 0.3) is 0 Å².